The molecule has 1 aromatic carbocycles. The molecule has 0 saturated heterocycles. The number of rotatable bonds is 3. The Labute approximate surface area is 86.7 Å². The number of aromatic nitrogens is 1. The van der Waals surface area contributed by atoms with Gasteiger partial charge in [0.25, 0.3) is 0 Å². The van der Waals surface area contributed by atoms with Crippen LogP contribution in [0.1, 0.15) is 11.6 Å². The van der Waals surface area contributed by atoms with E-state index in [1.165, 1.54) is 6.39 Å². The van der Waals surface area contributed by atoms with Crippen LogP contribution in [0.15, 0.2) is 29.0 Å². The van der Waals surface area contributed by atoms with Crippen LogP contribution in [0.3, 0.4) is 0 Å². The van der Waals surface area contributed by atoms with Crippen molar-refractivity contribution in [3.63, 3.8) is 0 Å². The molecule has 2 unspecified atom stereocenters. The average Bonchev–Trinajstić information content (AvgIpc) is 2.73. The van der Waals surface area contributed by atoms with E-state index < -0.39 is 12.1 Å². The van der Waals surface area contributed by atoms with Crippen molar-refractivity contribution in [3.8, 4) is 0 Å². The summed E-state index contributed by atoms with van der Waals surface area (Å²) in [5, 5.41) is 9.51. The van der Waals surface area contributed by atoms with E-state index in [2.05, 4.69) is 4.98 Å². The Morgan fingerprint density at radius 1 is 1.47 bits per heavy atom. The largest absolute Gasteiger partial charge is 0.443 e. The summed E-state index contributed by atoms with van der Waals surface area (Å²) in [6, 6.07) is 4.89. The molecule has 0 amide bonds. The molecule has 15 heavy (non-hydrogen) atoms. The molecule has 0 aliphatic rings. The number of hydrogen-bond acceptors (Lipinski definition) is 5. The van der Waals surface area contributed by atoms with Gasteiger partial charge in [0.1, 0.15) is 5.52 Å². The third-order valence-corrected chi connectivity index (χ3v) is 2.40. The van der Waals surface area contributed by atoms with Gasteiger partial charge in [-0.25, -0.2) is 4.98 Å². The van der Waals surface area contributed by atoms with Gasteiger partial charge in [0.05, 0.1) is 12.1 Å². The van der Waals surface area contributed by atoms with Gasteiger partial charge >= 0.3 is 0 Å². The van der Waals surface area contributed by atoms with Crippen molar-refractivity contribution in [1.29, 1.82) is 0 Å². The first kappa shape index (κ1) is 10.1. The van der Waals surface area contributed by atoms with Crippen LogP contribution in [0.4, 0.5) is 0 Å². The minimum absolute atomic E-state index is 0.135. The maximum Gasteiger partial charge on any atom is 0.181 e. The fraction of sp³-hybridized carbons (Fsp3) is 0.300. The molecule has 80 valence electrons. The van der Waals surface area contributed by atoms with Gasteiger partial charge in [-0.05, 0) is 17.7 Å². The smallest absolute Gasteiger partial charge is 0.181 e. The van der Waals surface area contributed by atoms with E-state index in [0.717, 1.165) is 11.1 Å². The van der Waals surface area contributed by atoms with Gasteiger partial charge < -0.3 is 21.0 Å². The van der Waals surface area contributed by atoms with E-state index in [1.54, 1.807) is 12.1 Å². The SMILES string of the molecule is NCC(O)C(N)c1ccc2ncoc2c1. The van der Waals surface area contributed by atoms with Gasteiger partial charge in [0, 0.05) is 6.54 Å². The molecule has 0 bridgehead atoms. The van der Waals surface area contributed by atoms with E-state index >= 15 is 0 Å². The number of nitrogens with two attached hydrogens (primary N) is 2. The number of fused-ring (bicyclic) bond motifs is 1. The minimum atomic E-state index is -0.745. The highest BCUT2D eigenvalue weighted by Gasteiger charge is 2.15. The fourth-order valence-corrected chi connectivity index (χ4v) is 1.45. The fourth-order valence-electron chi connectivity index (χ4n) is 1.45. The van der Waals surface area contributed by atoms with Crippen LogP contribution in [-0.2, 0) is 0 Å². The van der Waals surface area contributed by atoms with Gasteiger partial charge in [-0.3, -0.25) is 0 Å². The molecule has 2 rings (SSSR count). The molecule has 0 radical (unpaired) electrons. The van der Waals surface area contributed by atoms with Crippen molar-refractivity contribution in [1.82, 2.24) is 4.98 Å². The molecule has 0 aliphatic carbocycles. The quantitative estimate of drug-likeness (QED) is 0.665. The lowest BCUT2D eigenvalue weighted by atomic mass is 10.0. The monoisotopic (exact) mass is 207 g/mol. The third kappa shape index (κ3) is 1.85. The first-order valence-electron chi connectivity index (χ1n) is 4.69. The topological polar surface area (TPSA) is 98.3 Å². The zero-order chi connectivity index (χ0) is 10.8. The lowest BCUT2D eigenvalue weighted by Gasteiger charge is -2.16. The maximum atomic E-state index is 9.51. The molecule has 0 fully saturated rings. The second-order valence-corrected chi connectivity index (χ2v) is 3.41. The number of aliphatic hydroxyl groups is 1. The Morgan fingerprint density at radius 3 is 3.00 bits per heavy atom. The highest BCUT2D eigenvalue weighted by Crippen LogP contribution is 2.19. The van der Waals surface area contributed by atoms with Crippen molar-refractivity contribution in [2.45, 2.75) is 12.1 Å². The molecule has 0 aliphatic heterocycles. The average molecular weight is 207 g/mol. The normalized spacial score (nSPS) is 15.4. The van der Waals surface area contributed by atoms with E-state index in [9.17, 15) is 5.11 Å². The summed E-state index contributed by atoms with van der Waals surface area (Å²) in [6.45, 7) is 0.135. The molecule has 0 spiro atoms. The standard InChI is InChI=1S/C10H13N3O2/c11-4-8(14)10(12)6-1-2-7-9(3-6)15-5-13-7/h1-3,5,8,10,14H,4,11-12H2. The Bertz CT molecular complexity index is 455. The van der Waals surface area contributed by atoms with Crippen molar-refractivity contribution in [3.05, 3.63) is 30.2 Å². The van der Waals surface area contributed by atoms with E-state index in [4.69, 9.17) is 15.9 Å². The van der Waals surface area contributed by atoms with Crippen LogP contribution in [0, 0.1) is 0 Å². The van der Waals surface area contributed by atoms with Crippen LogP contribution < -0.4 is 11.5 Å². The number of oxazole rings is 1. The molecule has 5 nitrogen and oxygen atoms in total. The third-order valence-electron chi connectivity index (χ3n) is 2.40. The molecule has 5 heteroatoms. The van der Waals surface area contributed by atoms with Crippen molar-refractivity contribution >= 4 is 11.1 Å². The van der Waals surface area contributed by atoms with Crippen LogP contribution in [0.5, 0.6) is 0 Å². The van der Waals surface area contributed by atoms with Crippen molar-refractivity contribution in [2.24, 2.45) is 11.5 Å². The molecule has 1 aromatic heterocycles. The molecule has 2 aromatic rings. The summed E-state index contributed by atoms with van der Waals surface area (Å²) >= 11 is 0. The zero-order valence-corrected chi connectivity index (χ0v) is 8.13. The van der Waals surface area contributed by atoms with Crippen LogP contribution in [0.2, 0.25) is 0 Å². The molecular formula is C10H13N3O2. The second kappa shape index (κ2) is 3.98. The summed E-state index contributed by atoms with van der Waals surface area (Å²) in [5.74, 6) is 0. The van der Waals surface area contributed by atoms with Crippen molar-refractivity contribution in [2.75, 3.05) is 6.54 Å². The summed E-state index contributed by atoms with van der Waals surface area (Å²) in [5.41, 5.74) is 13.4. The Balaban J connectivity index is 2.35. The first-order chi connectivity index (χ1) is 7.22. The first-order valence-corrected chi connectivity index (χ1v) is 4.69. The second-order valence-electron chi connectivity index (χ2n) is 3.41. The lowest BCUT2D eigenvalue weighted by Crippen LogP contribution is -2.32. The van der Waals surface area contributed by atoms with Gasteiger partial charge in [-0.15, -0.1) is 0 Å². The van der Waals surface area contributed by atoms with Gasteiger partial charge in [0.2, 0.25) is 0 Å². The van der Waals surface area contributed by atoms with E-state index in [-0.39, 0.29) is 6.54 Å². The zero-order valence-electron chi connectivity index (χ0n) is 8.13. The predicted molar refractivity (Wildman–Crippen MR) is 56.0 cm³/mol. The van der Waals surface area contributed by atoms with Crippen molar-refractivity contribution < 1.29 is 9.52 Å². The Morgan fingerprint density at radius 2 is 2.27 bits per heavy atom. The van der Waals surface area contributed by atoms with Gasteiger partial charge in [-0.1, -0.05) is 6.07 Å². The predicted octanol–water partition coefficient (Wildman–Crippen LogP) is 0.147. The van der Waals surface area contributed by atoms with Crippen LogP contribution in [-0.4, -0.2) is 22.7 Å². The van der Waals surface area contributed by atoms with Crippen LogP contribution >= 0.6 is 0 Å². The molecular weight excluding hydrogens is 194 g/mol. The number of benzene rings is 1. The molecule has 0 saturated carbocycles. The maximum absolute atomic E-state index is 9.51. The molecule has 2 atom stereocenters. The molecule has 1 heterocycles. The Hall–Kier alpha value is -1.43. The lowest BCUT2D eigenvalue weighted by molar-refractivity contribution is 0.153. The van der Waals surface area contributed by atoms with E-state index in [1.807, 2.05) is 6.07 Å². The van der Waals surface area contributed by atoms with Crippen LogP contribution in [0.25, 0.3) is 11.1 Å². The Kier molecular flexibility index (Phi) is 2.68. The summed E-state index contributed by atoms with van der Waals surface area (Å²) < 4.78 is 5.14. The summed E-state index contributed by atoms with van der Waals surface area (Å²) in [4.78, 5) is 3.99. The number of aliphatic hydroxyl groups excluding tert-OH is 1. The summed E-state index contributed by atoms with van der Waals surface area (Å²) in [6.07, 6.45) is 0.629. The number of nitrogens with zero attached hydrogens (tertiary/aromatic N) is 1. The summed E-state index contributed by atoms with van der Waals surface area (Å²) in [7, 11) is 0. The molecule has 5 N–H and O–H groups in total. The van der Waals surface area contributed by atoms with Gasteiger partial charge in [-0.2, -0.15) is 0 Å². The highest BCUT2D eigenvalue weighted by atomic mass is 16.3. The van der Waals surface area contributed by atoms with Gasteiger partial charge in [0.15, 0.2) is 12.0 Å². The minimum Gasteiger partial charge on any atom is -0.443 e. The number of hydrogen-bond donors (Lipinski definition) is 3. The highest BCUT2D eigenvalue weighted by molar-refractivity contribution is 5.72. The van der Waals surface area contributed by atoms with E-state index in [0.29, 0.717) is 5.58 Å².